The van der Waals surface area contributed by atoms with Crippen LogP contribution in [-0.4, -0.2) is 33.0 Å². The van der Waals surface area contributed by atoms with Gasteiger partial charge in [-0.25, -0.2) is 9.97 Å². The second-order valence-corrected chi connectivity index (χ2v) is 4.51. The third-order valence-corrected chi connectivity index (χ3v) is 3.48. The van der Waals surface area contributed by atoms with Crippen molar-refractivity contribution >= 4 is 11.2 Å². The van der Waals surface area contributed by atoms with E-state index in [1.165, 1.54) is 19.4 Å². The Balaban J connectivity index is 2.13. The van der Waals surface area contributed by atoms with Crippen LogP contribution in [0.15, 0.2) is 18.3 Å². The topological polar surface area (TPSA) is 34.0 Å². The van der Waals surface area contributed by atoms with Gasteiger partial charge in [-0.2, -0.15) is 0 Å². The molecule has 84 valence electrons. The van der Waals surface area contributed by atoms with Crippen molar-refractivity contribution in [2.24, 2.45) is 7.05 Å². The van der Waals surface area contributed by atoms with E-state index in [2.05, 4.69) is 28.5 Å². The molecule has 0 bridgehead atoms. The summed E-state index contributed by atoms with van der Waals surface area (Å²) < 4.78 is 2.13. The SMILES string of the molecule is CN1CCCC1c1nc2cccnc2n1C. The van der Waals surface area contributed by atoms with Crippen molar-refractivity contribution in [3.05, 3.63) is 24.2 Å². The fraction of sp³-hybridized carbons (Fsp3) is 0.500. The van der Waals surface area contributed by atoms with Crippen LogP contribution in [0.3, 0.4) is 0 Å². The van der Waals surface area contributed by atoms with Gasteiger partial charge in [0.1, 0.15) is 11.3 Å². The highest BCUT2D eigenvalue weighted by atomic mass is 15.2. The molecule has 1 aliphatic heterocycles. The molecule has 0 aliphatic carbocycles. The summed E-state index contributed by atoms with van der Waals surface area (Å²) in [5, 5.41) is 0. The van der Waals surface area contributed by atoms with Crippen LogP contribution in [0.4, 0.5) is 0 Å². The molecule has 1 atom stereocenters. The molecule has 0 radical (unpaired) electrons. The highest BCUT2D eigenvalue weighted by Crippen LogP contribution is 2.30. The van der Waals surface area contributed by atoms with Gasteiger partial charge in [0.2, 0.25) is 0 Å². The van der Waals surface area contributed by atoms with Crippen LogP contribution in [0.25, 0.3) is 11.2 Å². The van der Waals surface area contributed by atoms with Gasteiger partial charge in [-0.1, -0.05) is 0 Å². The Morgan fingerprint density at radius 1 is 1.38 bits per heavy atom. The van der Waals surface area contributed by atoms with E-state index in [0.717, 1.165) is 17.0 Å². The van der Waals surface area contributed by atoms with E-state index in [0.29, 0.717) is 6.04 Å². The fourth-order valence-electron chi connectivity index (χ4n) is 2.58. The molecule has 2 aromatic rings. The number of pyridine rings is 1. The van der Waals surface area contributed by atoms with E-state index < -0.39 is 0 Å². The van der Waals surface area contributed by atoms with Gasteiger partial charge in [0.15, 0.2) is 5.65 Å². The Morgan fingerprint density at radius 2 is 2.25 bits per heavy atom. The lowest BCUT2D eigenvalue weighted by molar-refractivity contribution is 0.301. The number of aryl methyl sites for hydroxylation is 1. The largest absolute Gasteiger partial charge is 0.315 e. The maximum Gasteiger partial charge on any atom is 0.159 e. The Bertz CT molecular complexity index is 517. The Morgan fingerprint density at radius 3 is 2.94 bits per heavy atom. The number of imidazole rings is 1. The lowest BCUT2D eigenvalue weighted by Gasteiger charge is -2.18. The summed E-state index contributed by atoms with van der Waals surface area (Å²) in [5.41, 5.74) is 1.98. The summed E-state index contributed by atoms with van der Waals surface area (Å²) >= 11 is 0. The minimum absolute atomic E-state index is 0.458. The average Bonchev–Trinajstić information content (AvgIpc) is 2.84. The van der Waals surface area contributed by atoms with Crippen LogP contribution in [-0.2, 0) is 7.05 Å². The van der Waals surface area contributed by atoms with Crippen molar-refractivity contribution in [3.8, 4) is 0 Å². The summed E-state index contributed by atoms with van der Waals surface area (Å²) in [5.74, 6) is 1.15. The monoisotopic (exact) mass is 216 g/mol. The fourth-order valence-corrected chi connectivity index (χ4v) is 2.58. The van der Waals surface area contributed by atoms with E-state index in [-0.39, 0.29) is 0 Å². The standard InChI is InChI=1S/C12H16N4/c1-15-8-4-6-10(15)12-14-9-5-3-7-13-11(9)16(12)2/h3,5,7,10H,4,6,8H2,1-2H3. The Hall–Kier alpha value is -1.42. The van der Waals surface area contributed by atoms with Gasteiger partial charge in [0.05, 0.1) is 6.04 Å². The highest BCUT2D eigenvalue weighted by Gasteiger charge is 2.27. The maximum atomic E-state index is 4.70. The number of rotatable bonds is 1. The van der Waals surface area contributed by atoms with E-state index in [1.807, 2.05) is 18.3 Å². The highest BCUT2D eigenvalue weighted by molar-refractivity contribution is 5.71. The number of hydrogen-bond donors (Lipinski definition) is 0. The van der Waals surface area contributed by atoms with Crippen LogP contribution in [0.2, 0.25) is 0 Å². The molecular weight excluding hydrogens is 200 g/mol. The predicted octanol–water partition coefficient (Wildman–Crippen LogP) is 1.73. The lowest BCUT2D eigenvalue weighted by Crippen LogP contribution is -2.20. The summed E-state index contributed by atoms with van der Waals surface area (Å²) in [4.78, 5) is 11.5. The second-order valence-electron chi connectivity index (χ2n) is 4.51. The van der Waals surface area contributed by atoms with Gasteiger partial charge >= 0.3 is 0 Å². The first-order chi connectivity index (χ1) is 7.77. The van der Waals surface area contributed by atoms with Crippen molar-refractivity contribution < 1.29 is 0 Å². The molecule has 0 N–H and O–H groups in total. The molecule has 0 aromatic carbocycles. The number of fused-ring (bicyclic) bond motifs is 1. The van der Waals surface area contributed by atoms with Crippen LogP contribution >= 0.6 is 0 Å². The quantitative estimate of drug-likeness (QED) is 0.728. The first-order valence-corrected chi connectivity index (χ1v) is 5.75. The Labute approximate surface area is 94.9 Å². The van der Waals surface area contributed by atoms with Crippen molar-refractivity contribution in [1.29, 1.82) is 0 Å². The minimum atomic E-state index is 0.458. The van der Waals surface area contributed by atoms with E-state index >= 15 is 0 Å². The molecular formula is C12H16N4. The maximum absolute atomic E-state index is 4.70. The van der Waals surface area contributed by atoms with Crippen LogP contribution < -0.4 is 0 Å². The third-order valence-electron chi connectivity index (χ3n) is 3.48. The molecule has 0 saturated carbocycles. The average molecular weight is 216 g/mol. The molecule has 16 heavy (non-hydrogen) atoms. The zero-order valence-electron chi connectivity index (χ0n) is 9.72. The Kier molecular flexibility index (Phi) is 2.17. The van der Waals surface area contributed by atoms with Gasteiger partial charge < -0.3 is 4.57 Å². The summed E-state index contributed by atoms with van der Waals surface area (Å²) in [6.45, 7) is 1.17. The zero-order chi connectivity index (χ0) is 11.1. The molecule has 1 saturated heterocycles. The van der Waals surface area contributed by atoms with Gasteiger partial charge in [0.25, 0.3) is 0 Å². The molecule has 0 amide bonds. The first-order valence-electron chi connectivity index (χ1n) is 5.75. The van der Waals surface area contributed by atoms with Crippen molar-refractivity contribution in [3.63, 3.8) is 0 Å². The molecule has 3 heterocycles. The molecule has 2 aromatic heterocycles. The molecule has 4 nitrogen and oxygen atoms in total. The first kappa shape index (κ1) is 9.78. The van der Waals surface area contributed by atoms with Gasteiger partial charge in [-0.3, -0.25) is 4.90 Å². The molecule has 3 rings (SSSR count). The van der Waals surface area contributed by atoms with Gasteiger partial charge in [0, 0.05) is 13.2 Å². The predicted molar refractivity (Wildman–Crippen MR) is 63.1 cm³/mol. The van der Waals surface area contributed by atoms with E-state index in [1.54, 1.807) is 0 Å². The second kappa shape index (κ2) is 3.56. The normalized spacial score (nSPS) is 22.0. The molecule has 1 unspecified atom stereocenters. The molecule has 0 spiro atoms. The van der Waals surface area contributed by atoms with Crippen molar-refractivity contribution in [1.82, 2.24) is 19.4 Å². The summed E-state index contributed by atoms with van der Waals surface area (Å²) in [7, 11) is 4.23. The molecule has 1 aliphatic rings. The molecule has 1 fully saturated rings. The lowest BCUT2D eigenvalue weighted by atomic mass is 10.2. The van der Waals surface area contributed by atoms with Gasteiger partial charge in [-0.05, 0) is 38.6 Å². The number of likely N-dealkylation sites (tertiary alicyclic amines) is 1. The number of nitrogens with zero attached hydrogens (tertiary/aromatic N) is 4. The summed E-state index contributed by atoms with van der Waals surface area (Å²) in [6.07, 6.45) is 4.29. The third kappa shape index (κ3) is 1.33. The smallest absolute Gasteiger partial charge is 0.159 e. The zero-order valence-corrected chi connectivity index (χ0v) is 9.72. The number of aromatic nitrogens is 3. The number of hydrogen-bond acceptors (Lipinski definition) is 3. The summed E-state index contributed by atoms with van der Waals surface area (Å²) in [6, 6.07) is 4.43. The van der Waals surface area contributed by atoms with Gasteiger partial charge in [-0.15, -0.1) is 0 Å². The van der Waals surface area contributed by atoms with Crippen LogP contribution in [0.1, 0.15) is 24.7 Å². The van der Waals surface area contributed by atoms with E-state index in [9.17, 15) is 0 Å². The minimum Gasteiger partial charge on any atom is -0.315 e. The van der Waals surface area contributed by atoms with Crippen LogP contribution in [0, 0.1) is 0 Å². The van der Waals surface area contributed by atoms with Crippen LogP contribution in [0.5, 0.6) is 0 Å². The van der Waals surface area contributed by atoms with Crippen molar-refractivity contribution in [2.45, 2.75) is 18.9 Å². The van der Waals surface area contributed by atoms with E-state index in [4.69, 9.17) is 4.98 Å². The van der Waals surface area contributed by atoms with Crippen molar-refractivity contribution in [2.75, 3.05) is 13.6 Å². The molecule has 4 heteroatoms.